The summed E-state index contributed by atoms with van der Waals surface area (Å²) in [5, 5.41) is 6.70. The molecule has 2 fully saturated rings. The topological polar surface area (TPSA) is 75.2 Å². The predicted molar refractivity (Wildman–Crippen MR) is 120 cm³/mol. The van der Waals surface area contributed by atoms with E-state index in [0.29, 0.717) is 37.6 Å². The minimum Gasteiger partial charge on any atom is -0.374 e. The molecule has 0 spiro atoms. The number of benzene rings is 1. The van der Waals surface area contributed by atoms with Crippen molar-refractivity contribution >= 4 is 22.5 Å². The minimum absolute atomic E-state index is 0.0668. The summed E-state index contributed by atoms with van der Waals surface area (Å²) in [6.07, 6.45) is 3.19. The van der Waals surface area contributed by atoms with E-state index in [0.717, 1.165) is 35.6 Å². The van der Waals surface area contributed by atoms with Crippen LogP contribution in [0.5, 0.6) is 0 Å². The van der Waals surface area contributed by atoms with Crippen molar-refractivity contribution in [3.63, 3.8) is 0 Å². The van der Waals surface area contributed by atoms with Gasteiger partial charge < -0.3 is 20.3 Å². The number of morpholine rings is 1. The molecule has 0 aliphatic carbocycles. The van der Waals surface area contributed by atoms with Gasteiger partial charge in [0.25, 0.3) is 5.92 Å². The highest BCUT2D eigenvalue weighted by atomic mass is 19.3. The van der Waals surface area contributed by atoms with E-state index < -0.39 is 5.92 Å². The minimum atomic E-state index is -2.55. The fourth-order valence-corrected chi connectivity index (χ4v) is 4.14. The molecule has 9 heteroatoms. The van der Waals surface area contributed by atoms with Crippen molar-refractivity contribution in [1.29, 1.82) is 0 Å². The molecule has 32 heavy (non-hydrogen) atoms. The van der Waals surface area contributed by atoms with Crippen molar-refractivity contribution in [3.05, 3.63) is 42.7 Å². The molecule has 2 aliphatic rings. The Bertz CT molecular complexity index is 1060. The van der Waals surface area contributed by atoms with Gasteiger partial charge in [-0.15, -0.1) is 0 Å². The number of alkyl halides is 2. The highest BCUT2D eigenvalue weighted by Gasteiger charge is 2.34. The van der Waals surface area contributed by atoms with Crippen molar-refractivity contribution in [2.45, 2.75) is 24.9 Å². The Hall–Kier alpha value is -2.91. The molecule has 5 rings (SSSR count). The van der Waals surface area contributed by atoms with Crippen LogP contribution in [0.25, 0.3) is 22.3 Å². The van der Waals surface area contributed by atoms with E-state index in [9.17, 15) is 8.78 Å². The lowest BCUT2D eigenvalue weighted by Crippen LogP contribution is -2.42. The summed E-state index contributed by atoms with van der Waals surface area (Å²) >= 11 is 0. The molecule has 2 aliphatic heterocycles. The quantitative estimate of drug-likeness (QED) is 0.630. The molecular weight excluding hydrogens is 414 g/mol. The molecular formula is C23H26F2N6O. The van der Waals surface area contributed by atoms with Crippen molar-refractivity contribution in [2.24, 2.45) is 0 Å². The van der Waals surface area contributed by atoms with Gasteiger partial charge >= 0.3 is 0 Å². The average Bonchev–Trinajstić information content (AvgIpc) is 2.83. The van der Waals surface area contributed by atoms with E-state index in [1.54, 1.807) is 12.4 Å². The Morgan fingerprint density at radius 3 is 2.66 bits per heavy atom. The van der Waals surface area contributed by atoms with E-state index in [1.807, 2.05) is 35.2 Å². The molecule has 0 amide bonds. The number of aromatic nitrogens is 3. The third kappa shape index (κ3) is 4.63. The summed E-state index contributed by atoms with van der Waals surface area (Å²) < 4.78 is 32.7. The number of piperidine rings is 1. The first-order valence-corrected chi connectivity index (χ1v) is 11.0. The number of pyridine rings is 1. The molecule has 1 unspecified atom stereocenters. The van der Waals surface area contributed by atoms with Crippen LogP contribution in [0.15, 0.2) is 42.7 Å². The monoisotopic (exact) mass is 440 g/mol. The summed E-state index contributed by atoms with van der Waals surface area (Å²) in [6, 6.07) is 9.81. The van der Waals surface area contributed by atoms with Crippen LogP contribution < -0.4 is 15.5 Å². The molecule has 2 aromatic heterocycles. The van der Waals surface area contributed by atoms with Gasteiger partial charge in [-0.25, -0.2) is 18.7 Å². The second kappa shape index (κ2) is 8.91. The van der Waals surface area contributed by atoms with E-state index in [2.05, 4.69) is 20.6 Å². The summed E-state index contributed by atoms with van der Waals surface area (Å²) in [6.45, 7) is 3.70. The van der Waals surface area contributed by atoms with Crippen LogP contribution in [0, 0.1) is 0 Å². The van der Waals surface area contributed by atoms with Crippen molar-refractivity contribution < 1.29 is 13.5 Å². The standard InChI is InChI=1S/C23H26F2N6O/c24-23(25)5-10-31(11-6-23)17-3-1-16(2-4-17)19-13-20-21(28-8-7-27-20)22(30-19)29-15-18-14-26-9-12-32-18/h1-4,7-8,13,18,26H,5-6,9-12,14-15H2,(H,29,30). The maximum atomic E-state index is 13.5. The van der Waals surface area contributed by atoms with Gasteiger partial charge in [0.15, 0.2) is 5.82 Å². The molecule has 1 atom stereocenters. The first-order valence-electron chi connectivity index (χ1n) is 11.0. The molecule has 3 aromatic rings. The van der Waals surface area contributed by atoms with Gasteiger partial charge in [-0.1, -0.05) is 12.1 Å². The third-order valence-electron chi connectivity index (χ3n) is 5.98. The summed E-state index contributed by atoms with van der Waals surface area (Å²) in [5.74, 6) is -1.88. The molecule has 1 aromatic carbocycles. The van der Waals surface area contributed by atoms with Gasteiger partial charge in [0.05, 0.1) is 23.9 Å². The van der Waals surface area contributed by atoms with Crippen LogP contribution >= 0.6 is 0 Å². The maximum absolute atomic E-state index is 13.5. The van der Waals surface area contributed by atoms with E-state index >= 15 is 0 Å². The number of halogens is 2. The molecule has 168 valence electrons. The molecule has 0 bridgehead atoms. The highest BCUT2D eigenvalue weighted by Crippen LogP contribution is 2.32. The summed E-state index contributed by atoms with van der Waals surface area (Å²) in [7, 11) is 0. The SMILES string of the molecule is FC1(F)CCN(c2ccc(-c3cc4nccnc4c(NCC4CNCCO4)n3)cc2)CC1. The molecule has 4 heterocycles. The lowest BCUT2D eigenvalue weighted by atomic mass is 10.0. The van der Waals surface area contributed by atoms with Gasteiger partial charge in [-0.3, -0.25) is 4.98 Å². The number of rotatable bonds is 5. The largest absolute Gasteiger partial charge is 0.374 e. The summed E-state index contributed by atoms with van der Waals surface area (Å²) in [4.78, 5) is 15.7. The molecule has 0 saturated carbocycles. The van der Waals surface area contributed by atoms with Crippen LogP contribution in [0.4, 0.5) is 20.3 Å². The molecule has 0 radical (unpaired) electrons. The Kier molecular flexibility index (Phi) is 5.84. The zero-order valence-corrected chi connectivity index (χ0v) is 17.7. The Labute approximate surface area is 185 Å². The summed E-state index contributed by atoms with van der Waals surface area (Å²) in [5.41, 5.74) is 4.13. The van der Waals surface area contributed by atoms with Crippen LogP contribution in [-0.4, -0.2) is 66.3 Å². The van der Waals surface area contributed by atoms with Crippen molar-refractivity contribution in [3.8, 4) is 11.3 Å². The number of hydrogen-bond acceptors (Lipinski definition) is 7. The molecule has 2 N–H and O–H groups in total. The van der Waals surface area contributed by atoms with E-state index in [1.165, 1.54) is 0 Å². The Morgan fingerprint density at radius 1 is 1.12 bits per heavy atom. The second-order valence-electron chi connectivity index (χ2n) is 8.25. The number of anilines is 2. The predicted octanol–water partition coefficient (Wildman–Crippen LogP) is 3.33. The van der Waals surface area contributed by atoms with Gasteiger partial charge in [0.1, 0.15) is 5.52 Å². The van der Waals surface area contributed by atoms with Gasteiger partial charge in [-0.05, 0) is 18.2 Å². The number of fused-ring (bicyclic) bond motifs is 1. The van der Waals surface area contributed by atoms with Crippen LogP contribution in [0.3, 0.4) is 0 Å². The maximum Gasteiger partial charge on any atom is 0.251 e. The van der Waals surface area contributed by atoms with Gasteiger partial charge in [-0.2, -0.15) is 0 Å². The van der Waals surface area contributed by atoms with E-state index in [-0.39, 0.29) is 18.9 Å². The highest BCUT2D eigenvalue weighted by molar-refractivity contribution is 5.88. The number of hydrogen-bond donors (Lipinski definition) is 2. The van der Waals surface area contributed by atoms with Crippen LogP contribution in [0.2, 0.25) is 0 Å². The lowest BCUT2D eigenvalue weighted by Gasteiger charge is -2.33. The fraction of sp³-hybridized carbons (Fsp3) is 0.435. The van der Waals surface area contributed by atoms with E-state index in [4.69, 9.17) is 9.72 Å². The Morgan fingerprint density at radius 2 is 1.91 bits per heavy atom. The smallest absolute Gasteiger partial charge is 0.251 e. The zero-order chi connectivity index (χ0) is 22.0. The molecule has 7 nitrogen and oxygen atoms in total. The second-order valence-corrected chi connectivity index (χ2v) is 8.25. The molecule has 2 saturated heterocycles. The Balaban J connectivity index is 1.37. The average molecular weight is 440 g/mol. The number of nitrogens with zero attached hydrogens (tertiary/aromatic N) is 4. The third-order valence-corrected chi connectivity index (χ3v) is 5.98. The number of ether oxygens (including phenoxy) is 1. The van der Waals surface area contributed by atoms with Gasteiger partial charge in [0, 0.05) is 69.2 Å². The number of nitrogens with one attached hydrogen (secondary N) is 2. The van der Waals surface area contributed by atoms with Crippen molar-refractivity contribution in [1.82, 2.24) is 20.3 Å². The van der Waals surface area contributed by atoms with Crippen LogP contribution in [0.1, 0.15) is 12.8 Å². The normalized spacial score (nSPS) is 20.9. The fourth-order valence-electron chi connectivity index (χ4n) is 4.14. The first kappa shape index (κ1) is 21.0. The van der Waals surface area contributed by atoms with Gasteiger partial charge in [0.2, 0.25) is 0 Å². The first-order chi connectivity index (χ1) is 15.6. The van der Waals surface area contributed by atoms with Crippen molar-refractivity contribution in [2.75, 3.05) is 49.5 Å². The lowest BCUT2D eigenvalue weighted by molar-refractivity contribution is -0.0220. The van der Waals surface area contributed by atoms with Crippen LogP contribution in [-0.2, 0) is 4.74 Å². The zero-order valence-electron chi connectivity index (χ0n) is 17.7.